The van der Waals surface area contributed by atoms with Gasteiger partial charge >= 0.3 is 0 Å². The highest BCUT2D eigenvalue weighted by molar-refractivity contribution is 6.05. The number of aromatic nitrogens is 2. The highest BCUT2D eigenvalue weighted by atomic mass is 16.5. The van der Waals surface area contributed by atoms with Gasteiger partial charge in [-0.2, -0.15) is 0 Å². The molecule has 7 nitrogen and oxygen atoms in total. The molecule has 0 bridgehead atoms. The van der Waals surface area contributed by atoms with Crippen LogP contribution < -0.4 is 5.32 Å². The fraction of sp³-hybridized carbons (Fsp3) is 0.192. The van der Waals surface area contributed by atoms with E-state index in [0.29, 0.717) is 30.0 Å². The van der Waals surface area contributed by atoms with Gasteiger partial charge in [-0.15, -0.1) is 0 Å². The number of hydrogen-bond acceptors (Lipinski definition) is 4. The molecule has 3 heterocycles. The number of hydrogen-bond donors (Lipinski definition) is 2. The molecule has 5 rings (SSSR count). The molecule has 7 heteroatoms. The zero-order valence-corrected chi connectivity index (χ0v) is 18.2. The Hall–Kier alpha value is -3.97. The average Bonchev–Trinajstić information content (AvgIpc) is 3.28. The number of ether oxygens (including phenoxy) is 1. The van der Waals surface area contributed by atoms with Crippen LogP contribution in [0.1, 0.15) is 33.4 Å². The summed E-state index contributed by atoms with van der Waals surface area (Å²) >= 11 is 0. The highest BCUT2D eigenvalue weighted by Crippen LogP contribution is 2.45. The van der Waals surface area contributed by atoms with Crippen molar-refractivity contribution >= 4 is 28.4 Å². The number of nitrogens with zero attached hydrogens (tertiary/aromatic N) is 2. The maximum Gasteiger partial charge on any atom is 0.254 e. The van der Waals surface area contributed by atoms with E-state index in [1.807, 2.05) is 48.7 Å². The third kappa shape index (κ3) is 3.76. The van der Waals surface area contributed by atoms with Gasteiger partial charge in [0.05, 0.1) is 30.5 Å². The SMILES string of the molecule is COCCN1C(=O)c2ccccc2C(C(=O)Nc2cccnc2)C1c1c[nH]c2ccccc12. The summed E-state index contributed by atoms with van der Waals surface area (Å²) in [5.41, 5.74) is 3.72. The number of nitrogens with one attached hydrogen (secondary N) is 2. The lowest BCUT2D eigenvalue weighted by Gasteiger charge is -2.41. The van der Waals surface area contributed by atoms with E-state index in [1.165, 1.54) is 0 Å². The molecule has 2 amide bonds. The van der Waals surface area contributed by atoms with Crippen molar-refractivity contribution in [3.05, 3.63) is 95.9 Å². The predicted molar refractivity (Wildman–Crippen MR) is 126 cm³/mol. The molecule has 0 fully saturated rings. The summed E-state index contributed by atoms with van der Waals surface area (Å²) in [7, 11) is 1.61. The second-order valence-corrected chi connectivity index (χ2v) is 8.02. The van der Waals surface area contributed by atoms with Crippen LogP contribution in [0.2, 0.25) is 0 Å². The minimum Gasteiger partial charge on any atom is -0.383 e. The van der Waals surface area contributed by atoms with Crippen LogP contribution in [-0.4, -0.2) is 46.9 Å². The lowest BCUT2D eigenvalue weighted by Crippen LogP contribution is -2.47. The van der Waals surface area contributed by atoms with Crippen molar-refractivity contribution in [2.45, 2.75) is 12.0 Å². The Morgan fingerprint density at radius 1 is 1.09 bits per heavy atom. The largest absolute Gasteiger partial charge is 0.383 e. The van der Waals surface area contributed by atoms with Crippen molar-refractivity contribution in [2.24, 2.45) is 0 Å². The Bertz CT molecular complexity index is 1300. The lowest BCUT2D eigenvalue weighted by molar-refractivity contribution is -0.119. The van der Waals surface area contributed by atoms with E-state index in [0.717, 1.165) is 16.5 Å². The monoisotopic (exact) mass is 440 g/mol. The third-order valence-corrected chi connectivity index (χ3v) is 6.13. The molecular formula is C26H24N4O3. The van der Waals surface area contributed by atoms with Crippen LogP contribution in [0.3, 0.4) is 0 Å². The Morgan fingerprint density at radius 2 is 1.91 bits per heavy atom. The van der Waals surface area contributed by atoms with Crippen LogP contribution in [0, 0.1) is 0 Å². The van der Waals surface area contributed by atoms with Crippen molar-refractivity contribution in [2.75, 3.05) is 25.6 Å². The number of H-pyrrole nitrogens is 1. The number of pyridine rings is 1. The standard InChI is InChI=1S/C26H24N4O3/c1-33-14-13-30-24(21-16-28-22-11-5-4-8-18(21)22)23(19-9-2-3-10-20(19)26(30)32)25(31)29-17-7-6-12-27-15-17/h2-12,15-16,23-24,28H,13-14H2,1H3,(H,29,31). The summed E-state index contributed by atoms with van der Waals surface area (Å²) in [4.78, 5) is 36.6. The molecule has 1 aliphatic rings. The zero-order chi connectivity index (χ0) is 22.8. The molecule has 2 aromatic heterocycles. The summed E-state index contributed by atoms with van der Waals surface area (Å²) in [6.07, 6.45) is 5.17. The number of anilines is 1. The quantitative estimate of drug-likeness (QED) is 0.472. The molecule has 0 saturated carbocycles. The maximum atomic E-state index is 13.8. The fourth-order valence-electron chi connectivity index (χ4n) is 4.65. The van der Waals surface area contributed by atoms with Gasteiger partial charge in [0.2, 0.25) is 5.91 Å². The topological polar surface area (TPSA) is 87.3 Å². The molecule has 1 aliphatic heterocycles. The van der Waals surface area contributed by atoms with Crippen molar-refractivity contribution in [3.8, 4) is 0 Å². The summed E-state index contributed by atoms with van der Waals surface area (Å²) < 4.78 is 5.31. The molecule has 2 aromatic carbocycles. The van der Waals surface area contributed by atoms with Crippen LogP contribution >= 0.6 is 0 Å². The van der Waals surface area contributed by atoms with Crippen molar-refractivity contribution in [1.29, 1.82) is 0 Å². The number of para-hydroxylation sites is 1. The number of methoxy groups -OCH3 is 1. The smallest absolute Gasteiger partial charge is 0.254 e. The van der Waals surface area contributed by atoms with Crippen molar-refractivity contribution in [1.82, 2.24) is 14.9 Å². The van der Waals surface area contributed by atoms with Gasteiger partial charge in [-0.1, -0.05) is 36.4 Å². The van der Waals surface area contributed by atoms with Gasteiger partial charge in [0.15, 0.2) is 0 Å². The molecule has 4 aromatic rings. The Labute approximate surface area is 191 Å². The second-order valence-electron chi connectivity index (χ2n) is 8.02. The van der Waals surface area contributed by atoms with E-state index in [4.69, 9.17) is 4.74 Å². The second kappa shape index (κ2) is 8.88. The first kappa shape index (κ1) is 20.9. The number of amides is 2. The number of carbonyl (C=O) groups is 2. The minimum atomic E-state index is -0.616. The van der Waals surface area contributed by atoms with E-state index < -0.39 is 12.0 Å². The predicted octanol–water partition coefficient (Wildman–Crippen LogP) is 4.13. The molecule has 0 saturated heterocycles. The van der Waals surface area contributed by atoms with Crippen LogP contribution in [0.4, 0.5) is 5.69 Å². The molecule has 33 heavy (non-hydrogen) atoms. The van der Waals surface area contributed by atoms with Gasteiger partial charge in [-0.05, 0) is 29.8 Å². The van der Waals surface area contributed by atoms with E-state index in [9.17, 15) is 9.59 Å². The number of rotatable bonds is 6. The third-order valence-electron chi connectivity index (χ3n) is 6.13. The molecule has 0 spiro atoms. The van der Waals surface area contributed by atoms with Gasteiger partial charge in [0.25, 0.3) is 5.91 Å². The first-order valence-corrected chi connectivity index (χ1v) is 10.8. The lowest BCUT2D eigenvalue weighted by atomic mass is 9.79. The normalized spacial score (nSPS) is 17.7. The Balaban J connectivity index is 1.68. The number of aromatic amines is 1. The maximum absolute atomic E-state index is 13.8. The van der Waals surface area contributed by atoms with Crippen molar-refractivity contribution in [3.63, 3.8) is 0 Å². The Morgan fingerprint density at radius 3 is 2.73 bits per heavy atom. The van der Waals surface area contributed by atoms with Gasteiger partial charge in [0.1, 0.15) is 0 Å². The highest BCUT2D eigenvalue weighted by Gasteiger charge is 2.44. The summed E-state index contributed by atoms with van der Waals surface area (Å²) in [6, 6.07) is 18.3. The molecule has 0 radical (unpaired) electrons. The molecule has 0 aliphatic carbocycles. The summed E-state index contributed by atoms with van der Waals surface area (Å²) in [6.45, 7) is 0.730. The van der Waals surface area contributed by atoms with E-state index in [2.05, 4.69) is 15.3 Å². The molecular weight excluding hydrogens is 416 g/mol. The first-order chi connectivity index (χ1) is 16.2. The van der Waals surface area contributed by atoms with Crippen LogP contribution in [0.25, 0.3) is 10.9 Å². The van der Waals surface area contributed by atoms with Gasteiger partial charge in [-0.25, -0.2) is 0 Å². The van der Waals surface area contributed by atoms with Crippen LogP contribution in [0.15, 0.2) is 79.3 Å². The molecule has 2 unspecified atom stereocenters. The first-order valence-electron chi connectivity index (χ1n) is 10.8. The summed E-state index contributed by atoms with van der Waals surface area (Å²) in [5.74, 6) is -0.917. The minimum absolute atomic E-state index is 0.108. The Kier molecular flexibility index (Phi) is 5.62. The van der Waals surface area contributed by atoms with Gasteiger partial charge < -0.3 is 19.9 Å². The zero-order valence-electron chi connectivity index (χ0n) is 18.2. The summed E-state index contributed by atoms with van der Waals surface area (Å²) in [5, 5.41) is 3.99. The van der Waals surface area contributed by atoms with Gasteiger partial charge in [0, 0.05) is 48.1 Å². The fourth-order valence-corrected chi connectivity index (χ4v) is 4.65. The van der Waals surface area contributed by atoms with E-state index in [1.54, 1.807) is 42.6 Å². The van der Waals surface area contributed by atoms with Crippen LogP contribution in [-0.2, 0) is 9.53 Å². The van der Waals surface area contributed by atoms with Crippen molar-refractivity contribution < 1.29 is 14.3 Å². The molecule has 166 valence electrons. The number of fused-ring (bicyclic) bond motifs is 2. The number of benzene rings is 2. The van der Waals surface area contributed by atoms with E-state index in [-0.39, 0.29) is 11.8 Å². The van der Waals surface area contributed by atoms with Gasteiger partial charge in [-0.3, -0.25) is 14.6 Å². The van der Waals surface area contributed by atoms with Crippen LogP contribution in [0.5, 0.6) is 0 Å². The average molecular weight is 441 g/mol. The molecule has 2 atom stereocenters. The number of carbonyl (C=O) groups excluding carboxylic acids is 2. The molecule has 2 N–H and O–H groups in total. The van der Waals surface area contributed by atoms with E-state index >= 15 is 0 Å².